The summed E-state index contributed by atoms with van der Waals surface area (Å²) in [6.07, 6.45) is 1.36. The number of carbonyl (C=O) groups is 1. The Hall–Kier alpha value is -1.79. The number of carbonyl (C=O) groups excluding carboxylic acids is 1. The largest absolute Gasteiger partial charge is 0.482 e. The van der Waals surface area contributed by atoms with Crippen LogP contribution in [0.3, 0.4) is 0 Å². The highest BCUT2D eigenvalue weighted by Crippen LogP contribution is 2.60. The second kappa shape index (κ2) is 8.54. The van der Waals surface area contributed by atoms with Crippen molar-refractivity contribution in [1.82, 2.24) is 0 Å². The summed E-state index contributed by atoms with van der Waals surface area (Å²) in [5.74, 6) is -1.50. The lowest BCUT2D eigenvalue weighted by atomic mass is 10.2. The van der Waals surface area contributed by atoms with Crippen LogP contribution >= 0.6 is 19.2 Å². The van der Waals surface area contributed by atoms with Crippen molar-refractivity contribution in [2.75, 3.05) is 20.8 Å². The van der Waals surface area contributed by atoms with Gasteiger partial charge in [0.25, 0.3) is 5.85 Å². The zero-order valence-corrected chi connectivity index (χ0v) is 15.6. The van der Waals surface area contributed by atoms with E-state index in [1.165, 1.54) is 26.5 Å². The minimum atomic E-state index is -3.75. The maximum absolute atomic E-state index is 12.6. The molecule has 1 heterocycles. The first-order valence-electron chi connectivity index (χ1n) is 7.22. The Labute approximate surface area is 150 Å². The SMILES string of the molecule is COP(=O)(OC)C(OC(=O)COc1ccc(Cl)c(C)c1)c1ccco1. The molecule has 2 aromatic rings. The van der Waals surface area contributed by atoms with Crippen LogP contribution in [-0.2, 0) is 23.1 Å². The average Bonchev–Trinajstić information content (AvgIpc) is 3.14. The lowest BCUT2D eigenvalue weighted by Crippen LogP contribution is -2.19. The molecule has 0 fully saturated rings. The summed E-state index contributed by atoms with van der Waals surface area (Å²) in [5.41, 5.74) is 0.810. The van der Waals surface area contributed by atoms with Gasteiger partial charge in [-0.15, -0.1) is 0 Å². The van der Waals surface area contributed by atoms with Crippen molar-refractivity contribution < 1.29 is 32.3 Å². The predicted molar refractivity (Wildman–Crippen MR) is 90.8 cm³/mol. The number of esters is 1. The molecule has 0 spiro atoms. The zero-order chi connectivity index (χ0) is 18.4. The van der Waals surface area contributed by atoms with Gasteiger partial charge in [-0.1, -0.05) is 11.6 Å². The molecule has 7 nitrogen and oxygen atoms in total. The van der Waals surface area contributed by atoms with E-state index in [2.05, 4.69) is 0 Å². The van der Waals surface area contributed by atoms with Gasteiger partial charge in [-0.05, 0) is 42.8 Å². The number of rotatable bonds is 8. The number of aryl methyl sites for hydroxylation is 1. The first kappa shape index (κ1) is 19.5. The van der Waals surface area contributed by atoms with Crippen LogP contribution in [-0.4, -0.2) is 26.8 Å². The van der Waals surface area contributed by atoms with Gasteiger partial charge in [0.1, 0.15) is 5.75 Å². The van der Waals surface area contributed by atoms with Crippen LogP contribution in [0, 0.1) is 6.92 Å². The molecule has 2 rings (SSSR count). The number of hydrogen-bond acceptors (Lipinski definition) is 7. The molecule has 1 aromatic heterocycles. The highest BCUT2D eigenvalue weighted by molar-refractivity contribution is 7.54. The Morgan fingerprint density at radius 2 is 2.00 bits per heavy atom. The third-order valence-electron chi connectivity index (χ3n) is 3.31. The Bertz CT molecular complexity index is 752. The molecule has 0 bridgehead atoms. The van der Waals surface area contributed by atoms with Crippen LogP contribution in [0.5, 0.6) is 5.75 Å². The zero-order valence-electron chi connectivity index (χ0n) is 13.9. The molecule has 1 unspecified atom stereocenters. The molecule has 25 heavy (non-hydrogen) atoms. The van der Waals surface area contributed by atoms with Crippen molar-refractivity contribution in [2.45, 2.75) is 12.8 Å². The number of hydrogen-bond donors (Lipinski definition) is 0. The van der Waals surface area contributed by atoms with Gasteiger partial charge < -0.3 is 22.9 Å². The molecule has 1 aromatic carbocycles. The number of ether oxygens (including phenoxy) is 2. The van der Waals surface area contributed by atoms with Gasteiger partial charge in [-0.25, -0.2) is 4.79 Å². The fourth-order valence-electron chi connectivity index (χ4n) is 1.98. The van der Waals surface area contributed by atoms with E-state index < -0.39 is 26.0 Å². The van der Waals surface area contributed by atoms with Crippen LogP contribution in [0.2, 0.25) is 5.02 Å². The van der Waals surface area contributed by atoms with E-state index in [9.17, 15) is 9.36 Å². The van der Waals surface area contributed by atoms with Crippen molar-refractivity contribution >= 4 is 25.2 Å². The summed E-state index contributed by atoms with van der Waals surface area (Å²) >= 11 is 5.93. The normalized spacial score (nSPS) is 12.6. The summed E-state index contributed by atoms with van der Waals surface area (Å²) in [6, 6.07) is 8.05. The fraction of sp³-hybridized carbons (Fsp3) is 0.312. The van der Waals surface area contributed by atoms with Crippen molar-refractivity contribution in [3.05, 3.63) is 52.9 Å². The minimum absolute atomic E-state index is 0.141. The van der Waals surface area contributed by atoms with Gasteiger partial charge in [0.05, 0.1) is 6.26 Å². The monoisotopic (exact) mass is 388 g/mol. The molecule has 0 aliphatic carbocycles. The maximum atomic E-state index is 12.6. The molecule has 0 radical (unpaired) electrons. The Morgan fingerprint density at radius 1 is 1.28 bits per heavy atom. The quantitative estimate of drug-likeness (QED) is 0.491. The van der Waals surface area contributed by atoms with Gasteiger partial charge in [-0.3, -0.25) is 4.57 Å². The summed E-state index contributed by atoms with van der Waals surface area (Å²) in [5, 5.41) is 0.592. The van der Waals surface area contributed by atoms with Gasteiger partial charge in [0.2, 0.25) is 0 Å². The van der Waals surface area contributed by atoms with E-state index in [0.717, 1.165) is 5.56 Å². The number of furan rings is 1. The Kier molecular flexibility index (Phi) is 6.67. The van der Waals surface area contributed by atoms with Crippen LogP contribution in [0.15, 0.2) is 41.0 Å². The van der Waals surface area contributed by atoms with Crippen molar-refractivity contribution in [1.29, 1.82) is 0 Å². The number of halogens is 1. The van der Waals surface area contributed by atoms with E-state index in [1.807, 2.05) is 6.92 Å². The van der Waals surface area contributed by atoms with Crippen LogP contribution in [0.25, 0.3) is 0 Å². The lowest BCUT2D eigenvalue weighted by molar-refractivity contribution is -0.149. The molecule has 0 saturated heterocycles. The standard InChI is InChI=1S/C16H18ClO7P/c1-11-9-12(6-7-13(11)17)23-10-15(18)24-16(14-5-4-8-22-14)25(19,20-2)21-3/h4-9,16H,10H2,1-3H3. The summed E-state index contributed by atoms with van der Waals surface area (Å²) in [7, 11) is -1.36. The second-order valence-corrected chi connectivity index (χ2v) is 7.65. The third-order valence-corrected chi connectivity index (χ3v) is 5.69. The maximum Gasteiger partial charge on any atom is 0.378 e. The van der Waals surface area contributed by atoms with E-state index in [4.69, 9.17) is 34.5 Å². The number of benzene rings is 1. The first-order chi connectivity index (χ1) is 11.9. The van der Waals surface area contributed by atoms with Crippen molar-refractivity contribution in [3.8, 4) is 5.75 Å². The molecule has 0 aliphatic rings. The predicted octanol–water partition coefficient (Wildman–Crippen LogP) is 4.35. The molecule has 0 amide bonds. The van der Waals surface area contributed by atoms with Gasteiger partial charge in [-0.2, -0.15) is 0 Å². The highest BCUT2D eigenvalue weighted by atomic mass is 35.5. The molecule has 136 valence electrons. The third kappa shape index (κ3) is 4.86. The fourth-order valence-corrected chi connectivity index (χ4v) is 3.34. The molecule has 0 saturated carbocycles. The van der Waals surface area contributed by atoms with Crippen molar-refractivity contribution in [3.63, 3.8) is 0 Å². The lowest BCUT2D eigenvalue weighted by Gasteiger charge is -2.22. The van der Waals surface area contributed by atoms with Gasteiger partial charge in [0.15, 0.2) is 12.4 Å². The molecule has 0 N–H and O–H groups in total. The van der Waals surface area contributed by atoms with Crippen LogP contribution < -0.4 is 4.74 Å². The first-order valence-corrected chi connectivity index (χ1v) is 9.21. The van der Waals surface area contributed by atoms with E-state index in [-0.39, 0.29) is 5.76 Å². The van der Waals surface area contributed by atoms with E-state index in [0.29, 0.717) is 10.8 Å². The molecule has 0 aliphatic heterocycles. The average molecular weight is 389 g/mol. The molecule has 9 heteroatoms. The summed E-state index contributed by atoms with van der Waals surface area (Å²) in [4.78, 5) is 12.1. The van der Waals surface area contributed by atoms with Crippen LogP contribution in [0.1, 0.15) is 17.2 Å². The second-order valence-electron chi connectivity index (χ2n) is 4.96. The smallest absolute Gasteiger partial charge is 0.378 e. The van der Waals surface area contributed by atoms with Gasteiger partial charge in [0, 0.05) is 19.2 Å². The Balaban J connectivity index is 2.07. The molecule has 1 atom stereocenters. The summed E-state index contributed by atoms with van der Waals surface area (Å²) < 4.78 is 38.2. The topological polar surface area (TPSA) is 84.2 Å². The Morgan fingerprint density at radius 3 is 2.56 bits per heavy atom. The van der Waals surface area contributed by atoms with E-state index in [1.54, 1.807) is 24.3 Å². The minimum Gasteiger partial charge on any atom is -0.482 e. The van der Waals surface area contributed by atoms with Crippen molar-refractivity contribution in [2.24, 2.45) is 0 Å². The summed E-state index contributed by atoms with van der Waals surface area (Å²) in [6.45, 7) is 1.42. The van der Waals surface area contributed by atoms with Gasteiger partial charge >= 0.3 is 13.6 Å². The van der Waals surface area contributed by atoms with Crippen LogP contribution in [0.4, 0.5) is 0 Å². The highest BCUT2D eigenvalue weighted by Gasteiger charge is 2.41. The molecular weight excluding hydrogens is 371 g/mol. The molecular formula is C16H18ClO7P. The van der Waals surface area contributed by atoms with E-state index >= 15 is 0 Å².